The summed E-state index contributed by atoms with van der Waals surface area (Å²) in [5.41, 5.74) is 0. The number of rotatable bonds is 7. The van der Waals surface area contributed by atoms with E-state index in [2.05, 4.69) is 11.4 Å². The summed E-state index contributed by atoms with van der Waals surface area (Å²) in [4.78, 5) is 13.8. The maximum absolute atomic E-state index is 12.0. The van der Waals surface area contributed by atoms with E-state index in [9.17, 15) is 4.79 Å². The largest absolute Gasteiger partial charge is 0.383 e. The number of nitrogens with zero attached hydrogens (tertiary/aromatic N) is 2. The average molecular weight is 239 g/mol. The van der Waals surface area contributed by atoms with E-state index < -0.39 is 0 Å². The van der Waals surface area contributed by atoms with Crippen molar-refractivity contribution in [3.05, 3.63) is 0 Å². The van der Waals surface area contributed by atoms with Crippen LogP contribution in [0.3, 0.4) is 0 Å². The predicted octanol–water partition coefficient (Wildman–Crippen LogP) is 0.375. The molecule has 5 nitrogen and oxygen atoms in total. The van der Waals surface area contributed by atoms with Crippen LogP contribution < -0.4 is 5.32 Å². The molecule has 17 heavy (non-hydrogen) atoms. The number of ether oxygens (including phenoxy) is 1. The highest BCUT2D eigenvalue weighted by Gasteiger charge is 2.21. The summed E-state index contributed by atoms with van der Waals surface area (Å²) in [7, 11) is 1.62. The maximum Gasteiger partial charge on any atom is 0.223 e. The van der Waals surface area contributed by atoms with E-state index in [4.69, 9.17) is 10.00 Å². The zero-order valence-electron chi connectivity index (χ0n) is 10.4. The van der Waals surface area contributed by atoms with E-state index in [0.717, 1.165) is 19.5 Å². The minimum Gasteiger partial charge on any atom is -0.383 e. The van der Waals surface area contributed by atoms with Crippen molar-refractivity contribution in [2.75, 3.05) is 39.9 Å². The van der Waals surface area contributed by atoms with Crippen LogP contribution in [0, 0.1) is 17.2 Å². The molecule has 0 aromatic carbocycles. The van der Waals surface area contributed by atoms with Crippen molar-refractivity contribution in [1.82, 2.24) is 10.2 Å². The molecule has 1 rings (SSSR count). The Hall–Kier alpha value is -1.12. The smallest absolute Gasteiger partial charge is 0.223 e. The van der Waals surface area contributed by atoms with Crippen molar-refractivity contribution in [2.45, 2.75) is 19.3 Å². The molecule has 1 aliphatic heterocycles. The third kappa shape index (κ3) is 5.16. The van der Waals surface area contributed by atoms with Crippen LogP contribution in [-0.2, 0) is 9.53 Å². The molecule has 1 aliphatic rings. The monoisotopic (exact) mass is 239 g/mol. The number of hydrogen-bond donors (Lipinski definition) is 1. The van der Waals surface area contributed by atoms with Crippen LogP contribution in [0.1, 0.15) is 19.3 Å². The molecule has 1 heterocycles. The minimum atomic E-state index is 0.144. The molecule has 0 aromatic rings. The Morgan fingerprint density at radius 1 is 1.59 bits per heavy atom. The highest BCUT2D eigenvalue weighted by atomic mass is 16.5. The minimum absolute atomic E-state index is 0.144. The second-order valence-corrected chi connectivity index (χ2v) is 4.34. The SMILES string of the molecule is COCCN(CCC#N)C(=O)CC1CCNC1. The van der Waals surface area contributed by atoms with E-state index in [1.165, 1.54) is 0 Å². The topological polar surface area (TPSA) is 65.4 Å². The summed E-state index contributed by atoms with van der Waals surface area (Å²) < 4.78 is 4.98. The molecule has 1 fully saturated rings. The Labute approximate surface area is 103 Å². The van der Waals surface area contributed by atoms with Gasteiger partial charge in [0.1, 0.15) is 0 Å². The molecule has 1 amide bonds. The zero-order valence-corrected chi connectivity index (χ0v) is 10.4. The first kappa shape index (κ1) is 13.9. The van der Waals surface area contributed by atoms with Crippen molar-refractivity contribution < 1.29 is 9.53 Å². The normalized spacial score (nSPS) is 18.9. The maximum atomic E-state index is 12.0. The van der Waals surface area contributed by atoms with Crippen molar-refractivity contribution in [3.63, 3.8) is 0 Å². The number of amides is 1. The lowest BCUT2D eigenvalue weighted by molar-refractivity contribution is -0.132. The molecule has 0 saturated carbocycles. The lowest BCUT2D eigenvalue weighted by Crippen LogP contribution is -2.36. The van der Waals surface area contributed by atoms with Crippen molar-refractivity contribution in [2.24, 2.45) is 5.92 Å². The van der Waals surface area contributed by atoms with Gasteiger partial charge in [0.05, 0.1) is 19.1 Å². The van der Waals surface area contributed by atoms with Gasteiger partial charge in [0.25, 0.3) is 0 Å². The van der Waals surface area contributed by atoms with Crippen LogP contribution >= 0.6 is 0 Å². The number of hydrogen-bond acceptors (Lipinski definition) is 4. The van der Waals surface area contributed by atoms with Crippen molar-refractivity contribution >= 4 is 5.91 Å². The van der Waals surface area contributed by atoms with Crippen LogP contribution in [0.25, 0.3) is 0 Å². The third-order valence-electron chi connectivity index (χ3n) is 3.04. The molecule has 96 valence electrons. The molecular weight excluding hydrogens is 218 g/mol. The van der Waals surface area contributed by atoms with Crippen LogP contribution in [-0.4, -0.2) is 50.7 Å². The number of carbonyl (C=O) groups is 1. The summed E-state index contributed by atoms with van der Waals surface area (Å²) in [5.74, 6) is 0.598. The molecule has 1 unspecified atom stereocenters. The van der Waals surface area contributed by atoms with E-state index in [1.807, 2.05) is 0 Å². The number of carbonyl (C=O) groups excluding carboxylic acids is 1. The van der Waals surface area contributed by atoms with Gasteiger partial charge < -0.3 is 15.0 Å². The van der Waals surface area contributed by atoms with Crippen LogP contribution in [0.2, 0.25) is 0 Å². The molecule has 0 bridgehead atoms. The summed E-state index contributed by atoms with van der Waals surface area (Å²) >= 11 is 0. The molecule has 1 N–H and O–H groups in total. The van der Waals surface area contributed by atoms with Crippen molar-refractivity contribution in [1.29, 1.82) is 5.26 Å². The van der Waals surface area contributed by atoms with Gasteiger partial charge in [0, 0.05) is 26.6 Å². The first-order valence-electron chi connectivity index (χ1n) is 6.12. The first-order valence-corrected chi connectivity index (χ1v) is 6.12. The van der Waals surface area contributed by atoms with Gasteiger partial charge in [0.15, 0.2) is 0 Å². The molecule has 0 spiro atoms. The standard InChI is InChI=1S/C12H21N3O2/c1-17-8-7-15(6-2-4-13)12(16)9-11-3-5-14-10-11/h11,14H,2-3,5-10H2,1H3. The van der Waals surface area contributed by atoms with E-state index >= 15 is 0 Å². The molecule has 0 aliphatic carbocycles. The zero-order chi connectivity index (χ0) is 12.5. The van der Waals surface area contributed by atoms with Crippen LogP contribution in [0.15, 0.2) is 0 Å². The average Bonchev–Trinajstić information content (AvgIpc) is 2.82. The highest BCUT2D eigenvalue weighted by molar-refractivity contribution is 5.76. The second kappa shape index (κ2) is 8.04. The van der Waals surface area contributed by atoms with E-state index in [0.29, 0.717) is 38.5 Å². The van der Waals surface area contributed by atoms with Crippen LogP contribution in [0.4, 0.5) is 0 Å². The number of nitriles is 1. The van der Waals surface area contributed by atoms with Gasteiger partial charge in [-0.25, -0.2) is 0 Å². The van der Waals surface area contributed by atoms with Crippen molar-refractivity contribution in [3.8, 4) is 6.07 Å². The molecule has 1 atom stereocenters. The molecule has 0 radical (unpaired) electrons. The Morgan fingerprint density at radius 3 is 3.00 bits per heavy atom. The molecule has 5 heteroatoms. The summed E-state index contributed by atoms with van der Waals surface area (Å²) in [6, 6.07) is 2.08. The summed E-state index contributed by atoms with van der Waals surface area (Å²) in [6.45, 7) is 3.56. The predicted molar refractivity (Wildman–Crippen MR) is 64.3 cm³/mol. The van der Waals surface area contributed by atoms with Crippen LogP contribution in [0.5, 0.6) is 0 Å². The molecule has 0 aromatic heterocycles. The number of methoxy groups -OCH3 is 1. The van der Waals surface area contributed by atoms with Gasteiger partial charge in [-0.05, 0) is 25.4 Å². The van der Waals surface area contributed by atoms with Gasteiger partial charge in [-0.3, -0.25) is 4.79 Å². The first-order chi connectivity index (χ1) is 8.27. The highest BCUT2D eigenvalue weighted by Crippen LogP contribution is 2.13. The number of nitrogens with one attached hydrogen (secondary N) is 1. The fourth-order valence-electron chi connectivity index (χ4n) is 2.01. The Morgan fingerprint density at radius 2 is 2.41 bits per heavy atom. The Bertz CT molecular complexity index is 269. The second-order valence-electron chi connectivity index (χ2n) is 4.34. The molecule has 1 saturated heterocycles. The lowest BCUT2D eigenvalue weighted by Gasteiger charge is -2.22. The summed E-state index contributed by atoms with van der Waals surface area (Å²) in [6.07, 6.45) is 2.04. The fourth-order valence-corrected chi connectivity index (χ4v) is 2.01. The van der Waals surface area contributed by atoms with E-state index in [-0.39, 0.29) is 5.91 Å². The van der Waals surface area contributed by atoms with Gasteiger partial charge in [0.2, 0.25) is 5.91 Å². The Balaban J connectivity index is 2.37. The van der Waals surface area contributed by atoms with Gasteiger partial charge in [-0.15, -0.1) is 0 Å². The fraction of sp³-hybridized carbons (Fsp3) is 0.833. The molecular formula is C12H21N3O2. The quantitative estimate of drug-likeness (QED) is 0.697. The summed E-state index contributed by atoms with van der Waals surface area (Å²) in [5, 5.41) is 11.8. The third-order valence-corrected chi connectivity index (χ3v) is 3.04. The Kier molecular flexibility index (Phi) is 6.60. The lowest BCUT2D eigenvalue weighted by atomic mass is 10.0. The van der Waals surface area contributed by atoms with Gasteiger partial charge in [-0.1, -0.05) is 0 Å². The van der Waals surface area contributed by atoms with Gasteiger partial charge in [-0.2, -0.15) is 5.26 Å². The van der Waals surface area contributed by atoms with Gasteiger partial charge >= 0.3 is 0 Å². The van der Waals surface area contributed by atoms with E-state index in [1.54, 1.807) is 12.0 Å².